The average molecular weight is 807 g/mol. The standard InChI is InChI=1S/C48H54O11/c1(15-25-35-36-38(50-27-31-17-7-3-8-18-31)43-39(37(35)55-47(54-36)56-43)51-28-32-19-9-4-10-20-32)2-16-26-49-40-44-41(52-29-33-21-11-5-12-22-33)46-42(45(40)58-48(57-44)59-46)53-30-34-23-13-6-14-24-34/h3-14,17-24,35-48H,1-2,15-16,25-30H2/t35-,36-,37?,38?,39?,40-,41?,42?,43+,44-,45?,46+,47?,48?/m0/s1. The molecule has 0 radical (unpaired) electrons. The first kappa shape index (κ1) is 39.6. The Morgan fingerprint density at radius 1 is 0.322 bits per heavy atom. The van der Waals surface area contributed by atoms with Gasteiger partial charge in [-0.15, -0.1) is 0 Å². The van der Waals surface area contributed by atoms with E-state index in [-0.39, 0.29) is 73.1 Å². The molecule has 14 atom stereocenters. The van der Waals surface area contributed by atoms with Crippen LogP contribution < -0.4 is 0 Å². The molecule has 0 aromatic heterocycles. The van der Waals surface area contributed by atoms with Gasteiger partial charge in [0.1, 0.15) is 54.9 Å². The Morgan fingerprint density at radius 3 is 1.00 bits per heavy atom. The minimum atomic E-state index is -0.751. The number of ether oxygens (including phenoxy) is 11. The summed E-state index contributed by atoms with van der Waals surface area (Å²) in [7, 11) is 0. The maximum Gasteiger partial charge on any atom is 0.272 e. The lowest BCUT2D eigenvalue weighted by Gasteiger charge is -2.59. The fourth-order valence-electron chi connectivity index (χ4n) is 9.69. The van der Waals surface area contributed by atoms with Crippen molar-refractivity contribution >= 4 is 0 Å². The van der Waals surface area contributed by atoms with E-state index in [0.29, 0.717) is 33.0 Å². The van der Waals surface area contributed by atoms with Gasteiger partial charge in [0.15, 0.2) is 0 Å². The quantitative estimate of drug-likeness (QED) is 0.0846. The minimum Gasteiger partial charge on any atom is -0.373 e. The van der Waals surface area contributed by atoms with Crippen LogP contribution in [-0.4, -0.2) is 86.7 Å². The highest BCUT2D eigenvalue weighted by Crippen LogP contribution is 2.48. The van der Waals surface area contributed by atoms with Gasteiger partial charge in [-0.3, -0.25) is 0 Å². The summed E-state index contributed by atoms with van der Waals surface area (Å²) < 4.78 is 70.7. The molecular formula is C48H54O11. The molecule has 4 aromatic rings. The molecule has 59 heavy (non-hydrogen) atoms. The molecule has 0 amide bonds. The fraction of sp³-hybridized carbons (Fsp3) is 0.500. The Hall–Kier alpha value is -3.56. The zero-order chi connectivity index (χ0) is 39.4. The highest BCUT2D eigenvalue weighted by molar-refractivity contribution is 5.18. The normalized spacial score (nSPS) is 35.1. The van der Waals surface area contributed by atoms with Crippen molar-refractivity contribution < 1.29 is 52.1 Å². The van der Waals surface area contributed by atoms with E-state index >= 15 is 0 Å². The van der Waals surface area contributed by atoms with Crippen molar-refractivity contribution in [1.29, 1.82) is 0 Å². The maximum atomic E-state index is 6.66. The van der Waals surface area contributed by atoms with E-state index in [1.54, 1.807) is 0 Å². The Morgan fingerprint density at radius 2 is 0.627 bits per heavy atom. The summed E-state index contributed by atoms with van der Waals surface area (Å²) >= 11 is 0. The second kappa shape index (κ2) is 18.6. The van der Waals surface area contributed by atoms with Crippen LogP contribution >= 0.6 is 0 Å². The second-order valence-electron chi connectivity index (χ2n) is 16.4. The van der Waals surface area contributed by atoms with Gasteiger partial charge in [-0.2, -0.15) is 0 Å². The zero-order valence-corrected chi connectivity index (χ0v) is 33.2. The highest BCUT2D eigenvalue weighted by atomic mass is 16.9. The predicted octanol–water partition coefficient (Wildman–Crippen LogP) is 7.24. The molecule has 12 rings (SSSR count). The first-order valence-electron chi connectivity index (χ1n) is 21.4. The lowest BCUT2D eigenvalue weighted by molar-refractivity contribution is -0.489. The fourth-order valence-corrected chi connectivity index (χ4v) is 9.69. The topological polar surface area (TPSA) is 102 Å². The van der Waals surface area contributed by atoms with E-state index in [4.69, 9.17) is 52.1 Å². The van der Waals surface area contributed by atoms with E-state index < -0.39 is 13.0 Å². The summed E-state index contributed by atoms with van der Waals surface area (Å²) in [5.74, 6) is 0.120. The van der Waals surface area contributed by atoms with E-state index in [9.17, 15) is 0 Å². The monoisotopic (exact) mass is 806 g/mol. The van der Waals surface area contributed by atoms with E-state index in [2.05, 4.69) is 48.5 Å². The van der Waals surface area contributed by atoms with E-state index in [1.807, 2.05) is 72.8 Å². The molecule has 6 aliphatic heterocycles. The van der Waals surface area contributed by atoms with Crippen LogP contribution in [0.1, 0.15) is 54.4 Å². The summed E-state index contributed by atoms with van der Waals surface area (Å²) in [6.07, 6.45) is 1.80. The summed E-state index contributed by atoms with van der Waals surface area (Å²) in [6, 6.07) is 40.8. The van der Waals surface area contributed by atoms with Crippen molar-refractivity contribution in [2.24, 2.45) is 5.92 Å². The summed E-state index contributed by atoms with van der Waals surface area (Å²) in [4.78, 5) is 0. The molecule has 11 heteroatoms. The molecule has 8 unspecified atom stereocenters. The predicted molar refractivity (Wildman–Crippen MR) is 213 cm³/mol. The third-order valence-electron chi connectivity index (χ3n) is 12.6. The smallest absolute Gasteiger partial charge is 0.272 e. The summed E-state index contributed by atoms with van der Waals surface area (Å²) in [5.41, 5.74) is 4.40. The van der Waals surface area contributed by atoms with Crippen molar-refractivity contribution in [3.05, 3.63) is 144 Å². The average Bonchev–Trinajstić information content (AvgIpc) is 3.28. The molecular weight excluding hydrogens is 753 g/mol. The molecule has 0 N–H and O–H groups in total. The van der Waals surface area contributed by atoms with Gasteiger partial charge in [-0.25, -0.2) is 0 Å². The summed E-state index contributed by atoms with van der Waals surface area (Å²) in [5, 5.41) is 0. The van der Waals surface area contributed by atoms with Gasteiger partial charge in [-0.1, -0.05) is 141 Å². The van der Waals surface area contributed by atoms with Gasteiger partial charge in [0, 0.05) is 12.5 Å². The van der Waals surface area contributed by atoms with E-state index in [1.165, 1.54) is 0 Å². The largest absolute Gasteiger partial charge is 0.373 e. The number of hydrogen-bond acceptors (Lipinski definition) is 11. The van der Waals surface area contributed by atoms with Crippen molar-refractivity contribution in [3.8, 4) is 0 Å². The van der Waals surface area contributed by atoms with Crippen molar-refractivity contribution in [2.75, 3.05) is 6.61 Å². The van der Waals surface area contributed by atoms with Crippen molar-refractivity contribution in [1.82, 2.24) is 0 Å². The lowest BCUT2D eigenvalue weighted by Crippen LogP contribution is -2.76. The Labute approximate surface area is 346 Å². The molecule has 4 aromatic carbocycles. The van der Waals surface area contributed by atoms with Gasteiger partial charge < -0.3 is 52.1 Å². The first-order valence-corrected chi connectivity index (χ1v) is 21.4. The van der Waals surface area contributed by atoms with Crippen molar-refractivity contribution in [2.45, 2.75) is 139 Å². The zero-order valence-electron chi connectivity index (χ0n) is 33.2. The van der Waals surface area contributed by atoms with Crippen LogP contribution in [0.25, 0.3) is 0 Å². The SMILES string of the molecule is c1ccc(COC2C3OC4O[C@@H]2C(OCc2ccccc2)[C@@H](O4)[C@@H]3CCCCCCO[C@@H]2C3OC4O[C@@H](C3OCc3ccccc3)C(OCc3ccccc3)[C@H]2O4)cc1. The Kier molecular flexibility index (Phi) is 12.5. The van der Waals surface area contributed by atoms with Gasteiger partial charge >= 0.3 is 0 Å². The number of hydrogen-bond donors (Lipinski definition) is 0. The maximum absolute atomic E-state index is 6.66. The van der Waals surface area contributed by atoms with Crippen LogP contribution in [0.2, 0.25) is 0 Å². The highest BCUT2D eigenvalue weighted by Gasteiger charge is 2.64. The molecule has 2 aliphatic carbocycles. The number of unbranched alkanes of at least 4 members (excludes halogenated alkanes) is 3. The van der Waals surface area contributed by atoms with Crippen LogP contribution in [0.3, 0.4) is 0 Å². The summed E-state index contributed by atoms with van der Waals surface area (Å²) in [6.45, 7) is 0.967. The molecule has 8 bridgehead atoms. The third-order valence-corrected chi connectivity index (χ3v) is 12.6. The van der Waals surface area contributed by atoms with Crippen LogP contribution in [0.15, 0.2) is 121 Å². The molecule has 8 aliphatic rings. The molecule has 2 saturated carbocycles. The van der Waals surface area contributed by atoms with Crippen molar-refractivity contribution in [3.63, 3.8) is 0 Å². The molecule has 6 heterocycles. The molecule has 11 nitrogen and oxygen atoms in total. The minimum absolute atomic E-state index is 0.120. The van der Waals surface area contributed by atoms with Gasteiger partial charge in [0.25, 0.3) is 13.0 Å². The van der Waals surface area contributed by atoms with E-state index in [0.717, 1.165) is 54.4 Å². The lowest BCUT2D eigenvalue weighted by atomic mass is 9.74. The molecule has 312 valence electrons. The number of benzene rings is 4. The van der Waals surface area contributed by atoms with Crippen LogP contribution in [0.5, 0.6) is 0 Å². The first-order chi connectivity index (χ1) is 29.2. The molecule has 8 fully saturated rings. The second-order valence-corrected chi connectivity index (χ2v) is 16.4. The van der Waals surface area contributed by atoms with Crippen LogP contribution in [0, 0.1) is 5.92 Å². The van der Waals surface area contributed by atoms with Gasteiger partial charge in [0.2, 0.25) is 0 Å². The Bertz CT molecular complexity index is 1630. The van der Waals surface area contributed by atoms with Gasteiger partial charge in [-0.05, 0) is 35.1 Å². The number of rotatable bonds is 20. The molecule has 0 spiro atoms. The van der Waals surface area contributed by atoms with Crippen LogP contribution in [-0.2, 0) is 78.5 Å². The third kappa shape index (κ3) is 8.80. The molecule has 6 saturated heterocycles. The Balaban J connectivity index is 0.753. The van der Waals surface area contributed by atoms with Crippen LogP contribution in [0.4, 0.5) is 0 Å². The van der Waals surface area contributed by atoms with Gasteiger partial charge in [0.05, 0.1) is 38.6 Å².